The number of carbonyl (C=O) groups excluding carboxylic acids is 1. The molecule has 3 N–H and O–H groups in total. The van der Waals surface area contributed by atoms with Gasteiger partial charge in [-0.2, -0.15) is 5.32 Å². The summed E-state index contributed by atoms with van der Waals surface area (Å²) in [5, 5.41) is 5.25. The maximum absolute atomic E-state index is 11.1. The van der Waals surface area contributed by atoms with Gasteiger partial charge in [-0.15, -0.1) is 0 Å². The summed E-state index contributed by atoms with van der Waals surface area (Å²) in [6, 6.07) is 7.77. The second-order valence-electron chi connectivity index (χ2n) is 3.09. The predicted octanol–water partition coefficient (Wildman–Crippen LogP) is -4.04. The number of rotatable bonds is 0. The zero-order valence-corrected chi connectivity index (χ0v) is 9.06. The third-order valence-corrected chi connectivity index (χ3v) is 2.21. The molecule has 0 radical (unpaired) electrons. The molecule has 2 amide bonds. The lowest BCUT2D eigenvalue weighted by molar-refractivity contribution is -0.470. The molecule has 0 aromatic heterocycles. The molecule has 80 valence electrons. The topological polar surface area (TPSA) is 55.1 Å². The van der Waals surface area contributed by atoms with Gasteiger partial charge < -0.3 is 17.7 Å². The van der Waals surface area contributed by atoms with Crippen LogP contribution < -0.4 is 28.0 Å². The number of hydrogen-bond acceptors (Lipinski definition) is 1. The molecular formula is C10H12ClN3O. The number of benzene rings is 1. The van der Waals surface area contributed by atoms with E-state index in [0.717, 1.165) is 17.9 Å². The van der Waals surface area contributed by atoms with E-state index in [4.69, 9.17) is 0 Å². The molecule has 1 aromatic carbocycles. The Morgan fingerprint density at radius 3 is 2.87 bits per heavy atom. The second-order valence-corrected chi connectivity index (χ2v) is 3.09. The van der Waals surface area contributed by atoms with Gasteiger partial charge in [0.1, 0.15) is 6.54 Å². The number of amidine groups is 1. The van der Waals surface area contributed by atoms with Crippen molar-refractivity contribution in [2.75, 3.05) is 7.05 Å². The lowest BCUT2D eigenvalue weighted by Gasteiger charge is -1.97. The highest BCUT2D eigenvalue weighted by molar-refractivity contribution is 6.05. The summed E-state index contributed by atoms with van der Waals surface area (Å²) >= 11 is 0. The van der Waals surface area contributed by atoms with Gasteiger partial charge in [0.15, 0.2) is 0 Å². The van der Waals surface area contributed by atoms with Crippen LogP contribution in [0.5, 0.6) is 0 Å². The van der Waals surface area contributed by atoms with Crippen molar-refractivity contribution >= 4 is 11.9 Å². The van der Waals surface area contributed by atoms with Crippen molar-refractivity contribution in [2.24, 2.45) is 0 Å². The lowest BCUT2D eigenvalue weighted by Crippen LogP contribution is -3.00. The van der Waals surface area contributed by atoms with Crippen LogP contribution in [0.4, 0.5) is 4.79 Å². The van der Waals surface area contributed by atoms with Crippen molar-refractivity contribution < 1.29 is 22.2 Å². The Balaban J connectivity index is 0.00000112. The number of nitrogens with one attached hydrogen (secondary N) is 3. The highest BCUT2D eigenvalue weighted by atomic mass is 35.5. The van der Waals surface area contributed by atoms with Crippen molar-refractivity contribution in [1.82, 2.24) is 10.6 Å². The Labute approximate surface area is 94.2 Å². The SMILES string of the molecule is CNC(=O)NC1=[NH+]Cc2ccccc21.[Cl-]. The van der Waals surface area contributed by atoms with Gasteiger partial charge in [0, 0.05) is 12.6 Å². The molecule has 15 heavy (non-hydrogen) atoms. The van der Waals surface area contributed by atoms with E-state index in [1.165, 1.54) is 5.56 Å². The molecule has 0 aliphatic carbocycles. The van der Waals surface area contributed by atoms with Crippen LogP contribution in [0, 0.1) is 0 Å². The number of carbonyl (C=O) groups is 1. The van der Waals surface area contributed by atoms with E-state index >= 15 is 0 Å². The zero-order valence-electron chi connectivity index (χ0n) is 8.30. The summed E-state index contributed by atoms with van der Waals surface area (Å²) in [6.07, 6.45) is 0. The Bertz CT molecular complexity index is 403. The van der Waals surface area contributed by atoms with Gasteiger partial charge in [0.05, 0.1) is 5.56 Å². The Hall–Kier alpha value is -1.55. The Kier molecular flexibility index (Phi) is 3.68. The number of halogens is 1. The van der Waals surface area contributed by atoms with Crippen LogP contribution in [-0.4, -0.2) is 18.9 Å². The van der Waals surface area contributed by atoms with Gasteiger partial charge in [-0.25, -0.2) is 4.79 Å². The molecule has 0 unspecified atom stereocenters. The first kappa shape index (κ1) is 11.5. The molecule has 0 saturated heterocycles. The molecule has 5 heteroatoms. The van der Waals surface area contributed by atoms with Crippen LogP contribution >= 0.6 is 0 Å². The summed E-state index contributed by atoms with van der Waals surface area (Å²) in [5.41, 5.74) is 2.27. The van der Waals surface area contributed by atoms with Gasteiger partial charge in [-0.1, -0.05) is 18.2 Å². The van der Waals surface area contributed by atoms with E-state index < -0.39 is 0 Å². The van der Waals surface area contributed by atoms with Crippen molar-refractivity contribution in [3.63, 3.8) is 0 Å². The van der Waals surface area contributed by atoms with Crippen LogP contribution in [0.2, 0.25) is 0 Å². The maximum Gasteiger partial charge on any atom is 0.406 e. The zero-order chi connectivity index (χ0) is 9.97. The molecular weight excluding hydrogens is 214 g/mol. The minimum Gasteiger partial charge on any atom is -1.00 e. The van der Waals surface area contributed by atoms with Crippen molar-refractivity contribution in [3.05, 3.63) is 35.4 Å². The van der Waals surface area contributed by atoms with E-state index in [-0.39, 0.29) is 18.4 Å². The van der Waals surface area contributed by atoms with Crippen molar-refractivity contribution in [2.45, 2.75) is 6.54 Å². The third kappa shape index (κ3) is 2.27. The number of fused-ring (bicyclic) bond motifs is 1. The van der Waals surface area contributed by atoms with Crippen LogP contribution in [0.3, 0.4) is 0 Å². The second kappa shape index (κ2) is 4.79. The molecule has 1 aliphatic rings. The molecule has 0 saturated carbocycles. The molecule has 2 rings (SSSR count). The summed E-state index contributed by atoms with van der Waals surface area (Å²) in [4.78, 5) is 14.2. The quantitative estimate of drug-likeness (QED) is 0.414. The standard InChI is InChI=1S/C10H11N3O.ClH/c1-11-10(14)13-9-8-5-3-2-4-7(8)6-12-9;/h2-5H,6H2,1H3,(H2,11,12,13,14);1H. The number of hydrogen-bond donors (Lipinski definition) is 3. The van der Waals surface area contributed by atoms with Crippen LogP contribution in [0.1, 0.15) is 11.1 Å². The molecule has 4 nitrogen and oxygen atoms in total. The van der Waals surface area contributed by atoms with Gasteiger partial charge >= 0.3 is 6.03 Å². The lowest BCUT2D eigenvalue weighted by atomic mass is 10.1. The fraction of sp³-hybridized carbons (Fsp3) is 0.200. The van der Waals surface area contributed by atoms with E-state index in [1.54, 1.807) is 7.05 Å². The minimum absolute atomic E-state index is 0. The van der Waals surface area contributed by atoms with E-state index in [1.807, 2.05) is 24.3 Å². The molecule has 1 heterocycles. The summed E-state index contributed by atoms with van der Waals surface area (Å²) in [7, 11) is 1.59. The van der Waals surface area contributed by atoms with Gasteiger partial charge in [-0.3, -0.25) is 4.99 Å². The molecule has 1 aliphatic heterocycles. The number of amides is 2. The summed E-state index contributed by atoms with van der Waals surface area (Å²) in [6.45, 7) is 0.773. The van der Waals surface area contributed by atoms with Crippen LogP contribution in [0.15, 0.2) is 24.3 Å². The van der Waals surface area contributed by atoms with Crippen LogP contribution in [-0.2, 0) is 6.54 Å². The van der Waals surface area contributed by atoms with Gasteiger partial charge in [0.2, 0.25) is 0 Å². The predicted molar refractivity (Wildman–Crippen MR) is 52.8 cm³/mol. The first-order valence-corrected chi connectivity index (χ1v) is 4.49. The monoisotopic (exact) mass is 225 g/mol. The maximum atomic E-state index is 11.1. The third-order valence-electron chi connectivity index (χ3n) is 2.21. The molecule has 0 fully saturated rings. The normalized spacial score (nSPS) is 12.2. The fourth-order valence-corrected chi connectivity index (χ4v) is 1.48. The smallest absolute Gasteiger partial charge is 0.406 e. The van der Waals surface area contributed by atoms with Crippen molar-refractivity contribution in [3.8, 4) is 0 Å². The van der Waals surface area contributed by atoms with Crippen LogP contribution in [0.25, 0.3) is 0 Å². The summed E-state index contributed by atoms with van der Waals surface area (Å²) < 4.78 is 0. The molecule has 1 aromatic rings. The highest BCUT2D eigenvalue weighted by Gasteiger charge is 2.22. The van der Waals surface area contributed by atoms with Gasteiger partial charge in [0.25, 0.3) is 5.84 Å². The average Bonchev–Trinajstić information content (AvgIpc) is 2.62. The van der Waals surface area contributed by atoms with Gasteiger partial charge in [-0.05, 0) is 6.07 Å². The average molecular weight is 226 g/mol. The Morgan fingerprint density at radius 1 is 1.40 bits per heavy atom. The molecule has 0 atom stereocenters. The molecule has 0 spiro atoms. The van der Waals surface area contributed by atoms with E-state index in [9.17, 15) is 4.79 Å². The molecule has 0 bridgehead atoms. The minimum atomic E-state index is -0.204. The Morgan fingerprint density at radius 2 is 2.13 bits per heavy atom. The number of urea groups is 1. The first-order chi connectivity index (χ1) is 6.81. The fourth-order valence-electron chi connectivity index (χ4n) is 1.48. The summed E-state index contributed by atoms with van der Waals surface area (Å²) in [5.74, 6) is 0.778. The van der Waals surface area contributed by atoms with Crippen molar-refractivity contribution in [1.29, 1.82) is 0 Å². The van der Waals surface area contributed by atoms with E-state index in [0.29, 0.717) is 0 Å². The highest BCUT2D eigenvalue weighted by Crippen LogP contribution is 2.08. The first-order valence-electron chi connectivity index (χ1n) is 4.49. The largest absolute Gasteiger partial charge is 1.00 e. The van der Waals surface area contributed by atoms with E-state index in [2.05, 4.69) is 15.6 Å².